The quantitative estimate of drug-likeness (QED) is 0.210. The molecule has 0 bridgehead atoms. The zero-order valence-corrected chi connectivity index (χ0v) is 25.2. The van der Waals surface area contributed by atoms with Crippen molar-refractivity contribution in [1.29, 1.82) is 0 Å². The van der Waals surface area contributed by atoms with Crippen LogP contribution in [-0.2, 0) is 20.7 Å². The summed E-state index contributed by atoms with van der Waals surface area (Å²) >= 11 is 0. The predicted octanol–water partition coefficient (Wildman–Crippen LogP) is 7.15. The lowest BCUT2D eigenvalue weighted by Gasteiger charge is -2.34. The lowest BCUT2D eigenvalue weighted by atomic mass is 9.98. The summed E-state index contributed by atoms with van der Waals surface area (Å²) in [5.41, 5.74) is 2.17. The van der Waals surface area contributed by atoms with Crippen molar-refractivity contribution < 1.29 is 19.1 Å². The Labute approximate surface area is 253 Å². The van der Waals surface area contributed by atoms with Crippen molar-refractivity contribution in [1.82, 2.24) is 10.2 Å². The Morgan fingerprint density at radius 2 is 1.58 bits per heavy atom. The van der Waals surface area contributed by atoms with E-state index in [1.807, 2.05) is 104 Å². The maximum Gasteiger partial charge on any atom is 0.408 e. The number of alkyl carbamates (subject to hydrolysis) is 1. The Morgan fingerprint density at radius 1 is 0.884 bits per heavy atom. The van der Waals surface area contributed by atoms with Gasteiger partial charge in [-0.05, 0) is 73.4 Å². The van der Waals surface area contributed by atoms with Crippen molar-refractivity contribution in [2.75, 3.05) is 11.9 Å². The molecule has 0 saturated carbocycles. The first-order chi connectivity index (χ1) is 20.6. The molecule has 7 nitrogen and oxygen atoms in total. The maximum absolute atomic E-state index is 14.3. The van der Waals surface area contributed by atoms with Crippen molar-refractivity contribution in [3.05, 3.63) is 120 Å². The molecule has 7 heteroatoms. The molecule has 0 fully saturated rings. The number of ether oxygens (including phenoxy) is 1. The van der Waals surface area contributed by atoms with Crippen LogP contribution in [0.4, 0.5) is 10.5 Å². The van der Waals surface area contributed by atoms with Gasteiger partial charge in [-0.3, -0.25) is 9.59 Å². The van der Waals surface area contributed by atoms with Crippen LogP contribution >= 0.6 is 0 Å². The Bertz CT molecular complexity index is 1590. The van der Waals surface area contributed by atoms with Gasteiger partial charge in [0.25, 0.3) is 5.91 Å². The maximum atomic E-state index is 14.3. The highest BCUT2D eigenvalue weighted by Gasteiger charge is 2.36. The topological polar surface area (TPSA) is 87.7 Å². The number of rotatable bonds is 10. The molecule has 3 amide bonds. The Kier molecular flexibility index (Phi) is 9.99. The zero-order chi connectivity index (χ0) is 31.0. The third kappa shape index (κ3) is 8.32. The van der Waals surface area contributed by atoms with Crippen LogP contribution in [0.2, 0.25) is 0 Å². The summed E-state index contributed by atoms with van der Waals surface area (Å²) in [7, 11) is 0. The lowest BCUT2D eigenvalue weighted by molar-refractivity contribution is -0.140. The number of amides is 3. The Morgan fingerprint density at radius 3 is 2.26 bits per heavy atom. The average molecular weight is 578 g/mol. The molecule has 0 aliphatic carbocycles. The van der Waals surface area contributed by atoms with Gasteiger partial charge in [-0.25, -0.2) is 4.79 Å². The van der Waals surface area contributed by atoms with E-state index < -0.39 is 29.7 Å². The van der Waals surface area contributed by atoms with Crippen molar-refractivity contribution >= 4 is 40.4 Å². The van der Waals surface area contributed by atoms with E-state index in [4.69, 9.17) is 4.74 Å². The molecule has 2 unspecified atom stereocenters. The molecule has 0 heterocycles. The number of anilines is 1. The highest BCUT2D eigenvalue weighted by atomic mass is 16.6. The number of fused-ring (bicyclic) bond motifs is 1. The van der Waals surface area contributed by atoms with Gasteiger partial charge in [-0.15, -0.1) is 0 Å². The minimum absolute atomic E-state index is 0.217. The van der Waals surface area contributed by atoms with Crippen molar-refractivity contribution in [3.63, 3.8) is 0 Å². The SMILES string of the molecule is C=Cc1cccc(C(C(=O)Nc2ccc3ccccc3c2)N(CC)C(=O)C(Cc2ccccc2)NC(=O)OC(C)(C)C)c1. The number of nitrogens with zero attached hydrogens (tertiary/aromatic N) is 1. The first-order valence-electron chi connectivity index (χ1n) is 14.4. The first kappa shape index (κ1) is 31.0. The molecule has 0 radical (unpaired) electrons. The monoisotopic (exact) mass is 577 g/mol. The van der Waals surface area contributed by atoms with Crippen LogP contribution in [0.5, 0.6) is 0 Å². The first-order valence-corrected chi connectivity index (χ1v) is 14.4. The van der Waals surface area contributed by atoms with E-state index >= 15 is 0 Å². The third-order valence-electron chi connectivity index (χ3n) is 6.93. The van der Waals surface area contributed by atoms with Crippen LogP contribution in [0.15, 0.2) is 104 Å². The van der Waals surface area contributed by atoms with Gasteiger partial charge in [-0.2, -0.15) is 0 Å². The highest BCUT2D eigenvalue weighted by Crippen LogP contribution is 2.27. The Balaban J connectivity index is 1.71. The summed E-state index contributed by atoms with van der Waals surface area (Å²) in [4.78, 5) is 42.8. The zero-order valence-electron chi connectivity index (χ0n) is 25.2. The minimum atomic E-state index is -0.984. The van der Waals surface area contributed by atoms with Gasteiger partial charge >= 0.3 is 6.09 Å². The van der Waals surface area contributed by atoms with E-state index in [1.165, 1.54) is 4.90 Å². The second-order valence-electron chi connectivity index (χ2n) is 11.3. The molecule has 0 aromatic heterocycles. The minimum Gasteiger partial charge on any atom is -0.444 e. The fraction of sp³-hybridized carbons (Fsp3) is 0.250. The fourth-order valence-electron chi connectivity index (χ4n) is 4.97. The van der Waals surface area contributed by atoms with Crippen LogP contribution in [0.1, 0.15) is 50.4 Å². The summed E-state index contributed by atoms with van der Waals surface area (Å²) in [5, 5.41) is 7.84. The predicted molar refractivity (Wildman–Crippen MR) is 173 cm³/mol. The van der Waals surface area contributed by atoms with E-state index in [0.717, 1.165) is 21.9 Å². The molecule has 0 aliphatic rings. The van der Waals surface area contributed by atoms with Gasteiger partial charge in [-0.1, -0.05) is 91.5 Å². The van der Waals surface area contributed by atoms with Gasteiger partial charge in [0.2, 0.25) is 5.91 Å². The van der Waals surface area contributed by atoms with E-state index in [1.54, 1.807) is 26.8 Å². The Hall–Kier alpha value is -4.91. The number of carbonyl (C=O) groups is 3. The molecular weight excluding hydrogens is 538 g/mol. The van der Waals surface area contributed by atoms with Gasteiger partial charge in [0, 0.05) is 18.7 Å². The summed E-state index contributed by atoms with van der Waals surface area (Å²) in [6.07, 6.45) is 1.21. The summed E-state index contributed by atoms with van der Waals surface area (Å²) < 4.78 is 5.50. The summed E-state index contributed by atoms with van der Waals surface area (Å²) in [5.74, 6) is -0.776. The molecule has 43 heavy (non-hydrogen) atoms. The number of benzene rings is 4. The number of carbonyl (C=O) groups excluding carboxylic acids is 3. The molecule has 2 N–H and O–H groups in total. The second-order valence-corrected chi connectivity index (χ2v) is 11.3. The van der Waals surface area contributed by atoms with Crippen molar-refractivity contribution in [2.45, 2.75) is 51.8 Å². The highest BCUT2D eigenvalue weighted by molar-refractivity contribution is 6.00. The molecule has 0 spiro atoms. The van der Waals surface area contributed by atoms with Crippen LogP contribution < -0.4 is 10.6 Å². The fourth-order valence-corrected chi connectivity index (χ4v) is 4.97. The molecule has 222 valence electrons. The second kappa shape index (κ2) is 13.8. The van der Waals surface area contributed by atoms with E-state index in [9.17, 15) is 14.4 Å². The standard InChI is InChI=1S/C36H39N3O4/c1-6-25-16-13-19-29(22-25)32(33(40)37-30-21-20-27-17-11-12-18-28(27)24-30)39(7-2)34(41)31(23-26-14-9-8-10-15-26)38-35(42)43-36(3,4)5/h6,8-22,24,31-32H,1,7,23H2,2-5H3,(H,37,40)(H,38,42). The van der Waals surface area contributed by atoms with E-state index in [-0.39, 0.29) is 18.9 Å². The number of likely N-dealkylation sites (N-methyl/N-ethyl adjacent to an activating group) is 1. The molecular formula is C36H39N3O4. The van der Waals surface area contributed by atoms with Crippen LogP contribution in [-0.4, -0.2) is 41.0 Å². The average Bonchev–Trinajstić information content (AvgIpc) is 2.98. The molecule has 4 rings (SSSR count). The molecule has 0 saturated heterocycles. The molecule has 0 aliphatic heterocycles. The van der Waals surface area contributed by atoms with Gasteiger partial charge in [0.15, 0.2) is 0 Å². The van der Waals surface area contributed by atoms with Crippen molar-refractivity contribution in [2.24, 2.45) is 0 Å². The lowest BCUT2D eigenvalue weighted by Crippen LogP contribution is -2.53. The molecule has 2 atom stereocenters. The third-order valence-corrected chi connectivity index (χ3v) is 6.93. The van der Waals surface area contributed by atoms with Crippen LogP contribution in [0, 0.1) is 0 Å². The van der Waals surface area contributed by atoms with Crippen LogP contribution in [0.3, 0.4) is 0 Å². The van der Waals surface area contributed by atoms with Crippen LogP contribution in [0.25, 0.3) is 16.8 Å². The van der Waals surface area contributed by atoms with Gasteiger partial charge < -0.3 is 20.3 Å². The summed E-state index contributed by atoms with van der Waals surface area (Å²) in [6.45, 7) is 11.2. The van der Waals surface area contributed by atoms with Crippen molar-refractivity contribution in [3.8, 4) is 0 Å². The number of hydrogen-bond acceptors (Lipinski definition) is 4. The molecule has 4 aromatic carbocycles. The van der Waals surface area contributed by atoms with Gasteiger partial charge in [0.1, 0.15) is 17.7 Å². The largest absolute Gasteiger partial charge is 0.444 e. The van der Waals surface area contributed by atoms with E-state index in [2.05, 4.69) is 17.2 Å². The van der Waals surface area contributed by atoms with E-state index in [0.29, 0.717) is 11.3 Å². The molecule has 4 aromatic rings. The smallest absolute Gasteiger partial charge is 0.408 e. The normalized spacial score (nSPS) is 12.6. The number of nitrogens with one attached hydrogen (secondary N) is 2. The number of hydrogen-bond donors (Lipinski definition) is 2. The summed E-state index contributed by atoms with van der Waals surface area (Å²) in [6, 6.07) is 28.5. The van der Waals surface area contributed by atoms with Gasteiger partial charge in [0.05, 0.1) is 0 Å².